The predicted octanol–water partition coefficient (Wildman–Crippen LogP) is 6.90. The van der Waals surface area contributed by atoms with Gasteiger partial charge >= 0.3 is 0 Å². The highest BCUT2D eigenvalue weighted by molar-refractivity contribution is 9.10. The van der Waals surface area contributed by atoms with Gasteiger partial charge in [0.15, 0.2) is 0 Å². The van der Waals surface area contributed by atoms with Gasteiger partial charge in [-0.3, -0.25) is 0 Å². The Morgan fingerprint density at radius 2 is 1.82 bits per heavy atom. The highest BCUT2D eigenvalue weighted by atomic mass is 79.9. The molecule has 0 fully saturated rings. The average molecular weight is 526 g/mol. The summed E-state index contributed by atoms with van der Waals surface area (Å²) in [6.45, 7) is 4.84. The summed E-state index contributed by atoms with van der Waals surface area (Å²) in [5.41, 5.74) is 6.44. The van der Waals surface area contributed by atoms with Crippen LogP contribution in [0.4, 0.5) is 0 Å². The van der Waals surface area contributed by atoms with Gasteiger partial charge < -0.3 is 14.4 Å². The van der Waals surface area contributed by atoms with E-state index in [2.05, 4.69) is 95.2 Å². The fourth-order valence-corrected chi connectivity index (χ4v) is 5.34. The summed E-state index contributed by atoms with van der Waals surface area (Å²) in [6, 6.07) is 19.1. The topological polar surface area (TPSA) is 47.3 Å². The van der Waals surface area contributed by atoms with Crippen molar-refractivity contribution in [2.24, 2.45) is 0 Å². The van der Waals surface area contributed by atoms with Gasteiger partial charge in [0.05, 0.1) is 13.7 Å². The molecule has 1 heterocycles. The molecule has 33 heavy (non-hydrogen) atoms. The lowest BCUT2D eigenvalue weighted by Gasteiger charge is -2.14. The number of halogens is 1. The first kappa shape index (κ1) is 23.9. The second kappa shape index (κ2) is 10.3. The quantitative estimate of drug-likeness (QED) is 0.254. The van der Waals surface area contributed by atoms with Crippen LogP contribution in [0.1, 0.15) is 36.5 Å². The molecule has 0 bridgehead atoms. The average Bonchev–Trinajstić information content (AvgIpc) is 3.21. The van der Waals surface area contributed by atoms with Crippen molar-refractivity contribution in [2.75, 3.05) is 20.0 Å². The lowest BCUT2D eigenvalue weighted by molar-refractivity contribution is 0.278. The summed E-state index contributed by atoms with van der Waals surface area (Å²) in [6.07, 6.45) is 2.88. The van der Waals surface area contributed by atoms with Gasteiger partial charge in [0.2, 0.25) is 0 Å². The number of thioether (sulfide) groups is 1. The lowest BCUT2D eigenvalue weighted by Crippen LogP contribution is -2.05. The third-order valence-electron chi connectivity index (χ3n) is 5.95. The molecule has 172 valence electrons. The molecule has 4 aromatic rings. The van der Waals surface area contributed by atoms with E-state index < -0.39 is 0 Å². The Morgan fingerprint density at radius 3 is 2.45 bits per heavy atom. The van der Waals surface area contributed by atoms with Gasteiger partial charge in [0.25, 0.3) is 0 Å². The maximum absolute atomic E-state index is 9.82. The Hall–Kier alpha value is -2.28. The number of fused-ring (bicyclic) bond motifs is 1. The second-order valence-electron chi connectivity index (χ2n) is 8.33. The number of hydrogen-bond donors (Lipinski definition) is 1. The van der Waals surface area contributed by atoms with E-state index in [-0.39, 0.29) is 6.61 Å². The van der Waals surface area contributed by atoms with Gasteiger partial charge in [-0.05, 0) is 63.3 Å². The summed E-state index contributed by atoms with van der Waals surface area (Å²) >= 11 is 5.60. The normalized spacial score (nSPS) is 11.5. The third kappa shape index (κ3) is 4.70. The monoisotopic (exact) mass is 524 g/mol. The van der Waals surface area contributed by atoms with Crippen molar-refractivity contribution in [3.8, 4) is 17.1 Å². The minimum atomic E-state index is 0.0200. The van der Waals surface area contributed by atoms with Crippen LogP contribution in [-0.4, -0.2) is 34.6 Å². The molecule has 6 heteroatoms. The van der Waals surface area contributed by atoms with E-state index in [1.54, 1.807) is 18.9 Å². The molecular weight excluding hydrogens is 496 g/mol. The minimum absolute atomic E-state index is 0.0200. The highest BCUT2D eigenvalue weighted by Crippen LogP contribution is 2.39. The first-order chi connectivity index (χ1) is 16.0. The smallest absolute Gasteiger partial charge is 0.145 e. The maximum Gasteiger partial charge on any atom is 0.145 e. The van der Waals surface area contributed by atoms with Crippen LogP contribution >= 0.6 is 27.7 Å². The number of aliphatic hydroxyl groups excluding tert-OH is 1. The molecule has 0 atom stereocenters. The number of ether oxygens (including phenoxy) is 1. The van der Waals surface area contributed by atoms with Crippen LogP contribution in [-0.2, 0) is 13.0 Å². The molecule has 0 aliphatic rings. The van der Waals surface area contributed by atoms with Crippen molar-refractivity contribution in [1.29, 1.82) is 0 Å². The van der Waals surface area contributed by atoms with Crippen molar-refractivity contribution in [2.45, 2.75) is 37.6 Å². The van der Waals surface area contributed by atoms with Crippen LogP contribution in [0.15, 0.2) is 64.0 Å². The summed E-state index contributed by atoms with van der Waals surface area (Å²) in [5, 5.41) is 9.82. The Morgan fingerprint density at radius 1 is 1.09 bits per heavy atom. The van der Waals surface area contributed by atoms with E-state index in [9.17, 15) is 5.11 Å². The standard InChI is InChI=1S/C27H29BrN2O2S/c1-17(2)18-9-11-19(12-10-18)27-29-25-24(28)21(15-20-7-5-6-8-23(20)33-4)16-22(32-3)26(25)30(27)13-14-31/h5-12,16-17,31H,13-15H2,1-4H3. The summed E-state index contributed by atoms with van der Waals surface area (Å²) in [4.78, 5) is 6.31. The molecule has 0 aliphatic carbocycles. The Balaban J connectivity index is 1.89. The number of aliphatic hydroxyl groups is 1. The third-order valence-corrected chi connectivity index (χ3v) is 7.67. The molecule has 0 radical (unpaired) electrons. The molecule has 0 spiro atoms. The van der Waals surface area contributed by atoms with Gasteiger partial charge in [-0.1, -0.05) is 56.3 Å². The lowest BCUT2D eigenvalue weighted by atomic mass is 10.0. The molecule has 0 saturated carbocycles. The number of hydrogen-bond acceptors (Lipinski definition) is 4. The molecule has 0 unspecified atom stereocenters. The van der Waals surface area contributed by atoms with E-state index in [4.69, 9.17) is 9.72 Å². The Kier molecular flexibility index (Phi) is 7.47. The predicted molar refractivity (Wildman–Crippen MR) is 142 cm³/mol. The molecule has 0 aliphatic heterocycles. The molecule has 0 saturated heterocycles. The van der Waals surface area contributed by atoms with Crippen LogP contribution in [0.25, 0.3) is 22.4 Å². The fraction of sp³-hybridized carbons (Fsp3) is 0.296. The maximum atomic E-state index is 9.82. The minimum Gasteiger partial charge on any atom is -0.494 e. The van der Waals surface area contributed by atoms with Crippen molar-refractivity contribution in [3.63, 3.8) is 0 Å². The van der Waals surface area contributed by atoms with Gasteiger partial charge in [0.1, 0.15) is 22.6 Å². The first-order valence-electron chi connectivity index (χ1n) is 11.1. The Labute approximate surface area is 208 Å². The van der Waals surface area contributed by atoms with Gasteiger partial charge in [-0.2, -0.15) is 0 Å². The number of nitrogens with zero attached hydrogens (tertiary/aromatic N) is 2. The van der Waals surface area contributed by atoms with Crippen molar-refractivity contribution in [3.05, 3.63) is 75.8 Å². The number of imidazole rings is 1. The van der Waals surface area contributed by atoms with E-state index in [0.29, 0.717) is 12.5 Å². The van der Waals surface area contributed by atoms with Crippen LogP contribution in [0.2, 0.25) is 0 Å². The van der Waals surface area contributed by atoms with E-state index in [1.165, 1.54) is 16.0 Å². The molecule has 0 amide bonds. The van der Waals surface area contributed by atoms with Crippen LogP contribution in [0.3, 0.4) is 0 Å². The summed E-state index contributed by atoms with van der Waals surface area (Å²) in [5.74, 6) is 2.06. The van der Waals surface area contributed by atoms with Crippen LogP contribution in [0.5, 0.6) is 5.75 Å². The molecule has 4 rings (SSSR count). The zero-order chi connectivity index (χ0) is 23.5. The number of aromatic nitrogens is 2. The van der Waals surface area contributed by atoms with Crippen molar-refractivity contribution >= 4 is 38.7 Å². The molecule has 4 nitrogen and oxygen atoms in total. The van der Waals surface area contributed by atoms with Gasteiger partial charge in [0, 0.05) is 21.5 Å². The number of rotatable bonds is 8. The fourth-order valence-electron chi connectivity index (χ4n) is 4.19. The second-order valence-corrected chi connectivity index (χ2v) is 9.97. The first-order valence-corrected chi connectivity index (χ1v) is 13.1. The molecule has 3 aromatic carbocycles. The summed E-state index contributed by atoms with van der Waals surface area (Å²) in [7, 11) is 1.69. The Bertz CT molecular complexity index is 1270. The van der Waals surface area contributed by atoms with E-state index >= 15 is 0 Å². The molecule has 1 aromatic heterocycles. The zero-order valence-corrected chi connectivity index (χ0v) is 21.8. The van der Waals surface area contributed by atoms with Crippen LogP contribution in [0, 0.1) is 0 Å². The van der Waals surface area contributed by atoms with Crippen LogP contribution < -0.4 is 4.74 Å². The molecular formula is C27H29BrN2O2S. The van der Waals surface area contributed by atoms with Gasteiger partial charge in [-0.25, -0.2) is 4.98 Å². The largest absolute Gasteiger partial charge is 0.494 e. The zero-order valence-electron chi connectivity index (χ0n) is 19.4. The van der Waals surface area contributed by atoms with Crippen molar-refractivity contribution < 1.29 is 9.84 Å². The SMILES string of the molecule is COc1cc(Cc2ccccc2SC)c(Br)c2nc(-c3ccc(C(C)C)cc3)n(CCO)c12. The number of benzene rings is 3. The van der Waals surface area contributed by atoms with Crippen molar-refractivity contribution in [1.82, 2.24) is 9.55 Å². The van der Waals surface area contributed by atoms with E-state index in [1.807, 2.05) is 0 Å². The van der Waals surface area contributed by atoms with E-state index in [0.717, 1.165) is 44.6 Å². The molecule has 1 N–H and O–H groups in total. The number of methoxy groups -OCH3 is 1. The van der Waals surface area contributed by atoms with Gasteiger partial charge in [-0.15, -0.1) is 11.8 Å². The highest BCUT2D eigenvalue weighted by Gasteiger charge is 2.21. The summed E-state index contributed by atoms with van der Waals surface area (Å²) < 4.78 is 8.86.